The van der Waals surface area contributed by atoms with Gasteiger partial charge < -0.3 is 10.1 Å². The fraction of sp³-hybridized carbons (Fsp3) is 0.650. The molecule has 5 heteroatoms. The van der Waals surface area contributed by atoms with Crippen LogP contribution in [-0.2, 0) is 9.53 Å². The van der Waals surface area contributed by atoms with E-state index in [1.807, 2.05) is 13.8 Å². The van der Waals surface area contributed by atoms with Gasteiger partial charge in [-0.1, -0.05) is 18.2 Å². The molecule has 1 atom stereocenters. The van der Waals surface area contributed by atoms with Crippen LogP contribution in [0.2, 0.25) is 0 Å². The van der Waals surface area contributed by atoms with Gasteiger partial charge in [0.05, 0.1) is 19.2 Å². The van der Waals surface area contributed by atoms with Crippen molar-refractivity contribution in [3.05, 3.63) is 34.9 Å². The van der Waals surface area contributed by atoms with Crippen molar-refractivity contribution in [3.63, 3.8) is 0 Å². The normalized spacial score (nSPS) is 17.4. The van der Waals surface area contributed by atoms with Crippen molar-refractivity contribution in [2.24, 2.45) is 0 Å². The molecule has 25 heavy (non-hydrogen) atoms. The highest BCUT2D eigenvalue weighted by Gasteiger charge is 2.19. The van der Waals surface area contributed by atoms with Crippen molar-refractivity contribution in [2.45, 2.75) is 33.7 Å². The Morgan fingerprint density at radius 3 is 2.48 bits per heavy atom. The molecular weight excluding hydrogens is 314 g/mol. The summed E-state index contributed by atoms with van der Waals surface area (Å²) >= 11 is 0. The fourth-order valence-electron chi connectivity index (χ4n) is 3.12. The van der Waals surface area contributed by atoms with Crippen LogP contribution in [0.15, 0.2) is 18.2 Å². The fourth-order valence-corrected chi connectivity index (χ4v) is 3.12. The molecule has 0 aromatic heterocycles. The summed E-state index contributed by atoms with van der Waals surface area (Å²) in [5.41, 5.74) is 3.71. The Hall–Kier alpha value is -1.43. The highest BCUT2D eigenvalue weighted by Crippen LogP contribution is 2.16. The third-order valence-corrected chi connectivity index (χ3v) is 5.00. The molecule has 1 aromatic carbocycles. The number of hydrogen-bond acceptors (Lipinski definition) is 4. The van der Waals surface area contributed by atoms with E-state index in [0.29, 0.717) is 6.54 Å². The van der Waals surface area contributed by atoms with Gasteiger partial charge in [0.2, 0.25) is 5.91 Å². The summed E-state index contributed by atoms with van der Waals surface area (Å²) in [6.07, 6.45) is 0. The Bertz CT molecular complexity index is 554. The molecule has 1 aliphatic rings. The summed E-state index contributed by atoms with van der Waals surface area (Å²) in [5, 5.41) is 3.13. The van der Waals surface area contributed by atoms with Crippen LogP contribution in [0.4, 0.5) is 0 Å². The molecule has 2 rings (SSSR count). The molecule has 140 valence electrons. The lowest BCUT2D eigenvalue weighted by Gasteiger charge is -2.34. The Labute approximate surface area is 152 Å². The maximum Gasteiger partial charge on any atom is 0.234 e. The topological polar surface area (TPSA) is 44.8 Å². The highest BCUT2D eigenvalue weighted by atomic mass is 16.5. The van der Waals surface area contributed by atoms with E-state index in [2.05, 4.69) is 47.2 Å². The monoisotopic (exact) mass is 347 g/mol. The predicted molar refractivity (Wildman–Crippen MR) is 102 cm³/mol. The second-order valence-corrected chi connectivity index (χ2v) is 6.95. The van der Waals surface area contributed by atoms with Crippen LogP contribution in [0.25, 0.3) is 0 Å². The second-order valence-electron chi connectivity index (χ2n) is 6.95. The zero-order valence-corrected chi connectivity index (χ0v) is 16.2. The first kappa shape index (κ1) is 19.9. The smallest absolute Gasteiger partial charge is 0.234 e. The lowest BCUT2D eigenvalue weighted by molar-refractivity contribution is -0.123. The molecule has 0 saturated carbocycles. The van der Waals surface area contributed by atoms with Crippen LogP contribution in [-0.4, -0.2) is 68.2 Å². The summed E-state index contributed by atoms with van der Waals surface area (Å²) in [4.78, 5) is 17.0. The van der Waals surface area contributed by atoms with E-state index in [-0.39, 0.29) is 11.9 Å². The van der Waals surface area contributed by atoms with Gasteiger partial charge >= 0.3 is 0 Å². The molecular formula is C20H33N3O2. The van der Waals surface area contributed by atoms with E-state index in [0.717, 1.165) is 51.5 Å². The summed E-state index contributed by atoms with van der Waals surface area (Å²) in [7, 11) is 0. The van der Waals surface area contributed by atoms with Crippen LogP contribution in [0.5, 0.6) is 0 Å². The predicted octanol–water partition coefficient (Wildman–Crippen LogP) is 2.13. The number of ether oxygens (including phenoxy) is 1. The third kappa shape index (κ3) is 6.42. The number of hydrogen-bond donors (Lipinski definition) is 1. The van der Waals surface area contributed by atoms with Crippen LogP contribution in [0, 0.1) is 13.8 Å². The molecule has 1 heterocycles. The number of nitrogens with zero attached hydrogens (tertiary/aromatic N) is 2. The van der Waals surface area contributed by atoms with E-state index in [9.17, 15) is 4.79 Å². The van der Waals surface area contributed by atoms with Crippen LogP contribution in [0.1, 0.15) is 36.6 Å². The van der Waals surface area contributed by atoms with Crippen molar-refractivity contribution in [1.82, 2.24) is 15.1 Å². The van der Waals surface area contributed by atoms with Crippen LogP contribution in [0.3, 0.4) is 0 Å². The number of aryl methyl sites for hydroxylation is 2. The second kappa shape index (κ2) is 9.90. The Morgan fingerprint density at radius 1 is 1.16 bits per heavy atom. The van der Waals surface area contributed by atoms with E-state index in [4.69, 9.17) is 4.74 Å². The third-order valence-electron chi connectivity index (χ3n) is 5.00. The summed E-state index contributed by atoms with van der Waals surface area (Å²) in [6.45, 7) is 15.2. The van der Waals surface area contributed by atoms with Gasteiger partial charge in [0.1, 0.15) is 0 Å². The number of carbonyl (C=O) groups is 1. The van der Waals surface area contributed by atoms with Crippen molar-refractivity contribution in [2.75, 3.05) is 52.5 Å². The van der Waals surface area contributed by atoms with Gasteiger partial charge in [-0.05, 0) is 44.4 Å². The Morgan fingerprint density at radius 2 is 1.84 bits per heavy atom. The van der Waals surface area contributed by atoms with Gasteiger partial charge in [-0.25, -0.2) is 0 Å². The molecule has 0 aliphatic carbocycles. The van der Waals surface area contributed by atoms with Crippen molar-refractivity contribution in [1.29, 1.82) is 0 Å². The first-order chi connectivity index (χ1) is 12.0. The minimum atomic E-state index is 0.0410. The standard InChI is InChI=1S/C20H33N3O2/c1-5-25-13-12-22-8-10-23(11-9-22)15-20(24)21-18(4)19-7-6-16(2)17(3)14-19/h6-7,14,18H,5,8-13,15H2,1-4H3,(H,21,24). The molecule has 1 N–H and O–H groups in total. The van der Waals surface area contributed by atoms with E-state index in [1.54, 1.807) is 0 Å². The number of carbonyl (C=O) groups excluding carboxylic acids is 1. The van der Waals surface area contributed by atoms with E-state index >= 15 is 0 Å². The van der Waals surface area contributed by atoms with Gasteiger partial charge in [0.15, 0.2) is 0 Å². The Kier molecular flexibility index (Phi) is 7.88. The molecule has 1 fully saturated rings. The van der Waals surface area contributed by atoms with Crippen molar-refractivity contribution < 1.29 is 9.53 Å². The quantitative estimate of drug-likeness (QED) is 0.732. The molecule has 1 saturated heterocycles. The zero-order valence-electron chi connectivity index (χ0n) is 16.2. The van der Waals surface area contributed by atoms with E-state index in [1.165, 1.54) is 11.1 Å². The number of nitrogens with one attached hydrogen (secondary N) is 1. The molecule has 1 unspecified atom stereocenters. The van der Waals surface area contributed by atoms with Gasteiger partial charge in [-0.3, -0.25) is 14.6 Å². The van der Waals surface area contributed by atoms with Crippen LogP contribution < -0.4 is 5.32 Å². The number of piperazine rings is 1. The molecule has 1 amide bonds. The summed E-state index contributed by atoms with van der Waals surface area (Å²) in [5.74, 6) is 0.105. The lowest BCUT2D eigenvalue weighted by Crippen LogP contribution is -2.50. The first-order valence-electron chi connectivity index (χ1n) is 9.38. The zero-order chi connectivity index (χ0) is 18.2. The minimum Gasteiger partial charge on any atom is -0.380 e. The Balaban J connectivity index is 1.72. The maximum absolute atomic E-state index is 12.4. The first-order valence-corrected chi connectivity index (χ1v) is 9.38. The highest BCUT2D eigenvalue weighted by molar-refractivity contribution is 5.78. The molecule has 1 aromatic rings. The SMILES string of the molecule is CCOCCN1CCN(CC(=O)NC(C)c2ccc(C)c(C)c2)CC1. The van der Waals surface area contributed by atoms with Gasteiger partial charge in [-0.15, -0.1) is 0 Å². The van der Waals surface area contributed by atoms with Crippen molar-refractivity contribution in [3.8, 4) is 0 Å². The average Bonchev–Trinajstić information content (AvgIpc) is 2.59. The summed E-state index contributed by atoms with van der Waals surface area (Å²) < 4.78 is 5.41. The average molecular weight is 348 g/mol. The summed E-state index contributed by atoms with van der Waals surface area (Å²) in [6, 6.07) is 6.43. The molecule has 0 radical (unpaired) electrons. The molecule has 5 nitrogen and oxygen atoms in total. The number of amides is 1. The largest absolute Gasteiger partial charge is 0.380 e. The molecule has 1 aliphatic heterocycles. The van der Waals surface area contributed by atoms with Gasteiger partial charge in [0.25, 0.3) is 0 Å². The number of rotatable bonds is 8. The van der Waals surface area contributed by atoms with Gasteiger partial charge in [-0.2, -0.15) is 0 Å². The van der Waals surface area contributed by atoms with E-state index < -0.39 is 0 Å². The van der Waals surface area contributed by atoms with Crippen molar-refractivity contribution >= 4 is 5.91 Å². The lowest BCUT2D eigenvalue weighted by atomic mass is 10.0. The van der Waals surface area contributed by atoms with Gasteiger partial charge in [0, 0.05) is 39.3 Å². The van der Waals surface area contributed by atoms with Crippen LogP contribution >= 0.6 is 0 Å². The number of benzene rings is 1. The molecule has 0 bridgehead atoms. The molecule has 0 spiro atoms. The minimum absolute atomic E-state index is 0.0410. The maximum atomic E-state index is 12.4.